The van der Waals surface area contributed by atoms with Crippen LogP contribution in [0, 0.1) is 6.92 Å². The van der Waals surface area contributed by atoms with Gasteiger partial charge in [0, 0.05) is 10.7 Å². The Morgan fingerprint density at radius 1 is 1.29 bits per heavy atom. The van der Waals surface area contributed by atoms with Crippen molar-refractivity contribution >= 4 is 42.5 Å². The molecule has 2 aromatic rings. The lowest BCUT2D eigenvalue weighted by atomic mass is 10.2. The molecule has 0 unspecified atom stereocenters. The van der Waals surface area contributed by atoms with Crippen LogP contribution in [0.2, 0.25) is 0 Å². The van der Waals surface area contributed by atoms with E-state index in [0.29, 0.717) is 11.0 Å². The van der Waals surface area contributed by atoms with Gasteiger partial charge in [0.1, 0.15) is 15.9 Å². The Morgan fingerprint density at radius 3 is 2.57 bits per heavy atom. The average molecular weight is 249 g/mol. The SMILES string of the molecule is Cc1ccc(S(=O)(=O)Cl)c2nsnc12. The molecule has 0 N–H and O–H groups in total. The molecule has 4 nitrogen and oxygen atoms in total. The van der Waals surface area contributed by atoms with Crippen LogP contribution in [0.1, 0.15) is 5.56 Å². The maximum atomic E-state index is 11.2. The molecule has 0 bridgehead atoms. The summed E-state index contributed by atoms with van der Waals surface area (Å²) in [7, 11) is 1.52. The van der Waals surface area contributed by atoms with Gasteiger partial charge in [0.15, 0.2) is 0 Å². The fraction of sp³-hybridized carbons (Fsp3) is 0.143. The van der Waals surface area contributed by atoms with Crippen LogP contribution in [-0.2, 0) is 9.05 Å². The lowest BCUT2D eigenvalue weighted by molar-refractivity contribution is 0.610. The normalized spacial score (nSPS) is 12.1. The predicted octanol–water partition coefficient (Wildman–Crippen LogP) is 1.93. The second kappa shape index (κ2) is 3.15. The monoisotopic (exact) mass is 248 g/mol. The van der Waals surface area contributed by atoms with Crippen molar-refractivity contribution in [1.82, 2.24) is 8.75 Å². The van der Waals surface area contributed by atoms with E-state index >= 15 is 0 Å². The molecule has 1 heterocycles. The van der Waals surface area contributed by atoms with E-state index in [4.69, 9.17) is 10.7 Å². The van der Waals surface area contributed by atoms with Crippen molar-refractivity contribution in [2.75, 3.05) is 0 Å². The van der Waals surface area contributed by atoms with Gasteiger partial charge >= 0.3 is 0 Å². The Balaban J connectivity index is 2.93. The second-order valence-electron chi connectivity index (χ2n) is 2.78. The second-order valence-corrected chi connectivity index (χ2v) is 5.84. The van der Waals surface area contributed by atoms with Crippen LogP contribution in [0.25, 0.3) is 11.0 Å². The molecule has 0 saturated carbocycles. The molecule has 14 heavy (non-hydrogen) atoms. The van der Waals surface area contributed by atoms with Crippen LogP contribution in [0.15, 0.2) is 17.0 Å². The molecule has 74 valence electrons. The van der Waals surface area contributed by atoms with Gasteiger partial charge in [-0.05, 0) is 18.6 Å². The van der Waals surface area contributed by atoms with Gasteiger partial charge < -0.3 is 0 Å². The molecule has 1 aromatic carbocycles. The van der Waals surface area contributed by atoms with Crippen molar-refractivity contribution in [3.63, 3.8) is 0 Å². The highest BCUT2D eigenvalue weighted by Gasteiger charge is 2.17. The van der Waals surface area contributed by atoms with E-state index in [1.54, 1.807) is 6.07 Å². The first-order valence-corrected chi connectivity index (χ1v) is 6.70. The van der Waals surface area contributed by atoms with Crippen molar-refractivity contribution < 1.29 is 8.42 Å². The lowest BCUT2D eigenvalue weighted by Crippen LogP contribution is -1.92. The topological polar surface area (TPSA) is 59.9 Å². The maximum absolute atomic E-state index is 11.2. The van der Waals surface area contributed by atoms with E-state index in [1.165, 1.54) is 6.07 Å². The fourth-order valence-electron chi connectivity index (χ4n) is 1.16. The molecule has 7 heteroatoms. The summed E-state index contributed by atoms with van der Waals surface area (Å²) in [5.74, 6) is 0. The number of hydrogen-bond acceptors (Lipinski definition) is 5. The van der Waals surface area contributed by atoms with Crippen molar-refractivity contribution in [2.24, 2.45) is 0 Å². The first-order valence-electron chi connectivity index (χ1n) is 3.66. The molecule has 0 aliphatic heterocycles. The van der Waals surface area contributed by atoms with Gasteiger partial charge in [-0.1, -0.05) is 6.07 Å². The van der Waals surface area contributed by atoms with Gasteiger partial charge in [0.25, 0.3) is 9.05 Å². The summed E-state index contributed by atoms with van der Waals surface area (Å²) < 4.78 is 30.2. The molecule has 0 aliphatic rings. The van der Waals surface area contributed by atoms with Crippen molar-refractivity contribution in [1.29, 1.82) is 0 Å². The molecule has 0 atom stereocenters. The number of halogens is 1. The van der Waals surface area contributed by atoms with E-state index in [1.807, 2.05) is 6.92 Å². The Morgan fingerprint density at radius 2 is 1.93 bits per heavy atom. The van der Waals surface area contributed by atoms with Gasteiger partial charge in [-0.15, -0.1) is 0 Å². The highest BCUT2D eigenvalue weighted by Crippen LogP contribution is 2.26. The average Bonchev–Trinajstić information content (AvgIpc) is 2.50. The molecule has 0 fully saturated rings. The molecular formula is C7H5ClN2O2S2. The summed E-state index contributed by atoms with van der Waals surface area (Å²) in [6.07, 6.45) is 0. The minimum atomic E-state index is -3.74. The Labute approximate surface area is 89.3 Å². The zero-order chi connectivity index (χ0) is 10.3. The minimum absolute atomic E-state index is 0.0218. The van der Waals surface area contributed by atoms with Crippen LogP contribution in [0.3, 0.4) is 0 Å². The quantitative estimate of drug-likeness (QED) is 0.724. The van der Waals surface area contributed by atoms with E-state index in [9.17, 15) is 8.42 Å². The van der Waals surface area contributed by atoms with Crippen molar-refractivity contribution in [3.05, 3.63) is 17.7 Å². The number of fused-ring (bicyclic) bond motifs is 1. The van der Waals surface area contributed by atoms with E-state index in [2.05, 4.69) is 8.75 Å². The number of hydrogen-bond donors (Lipinski definition) is 0. The molecule has 0 aliphatic carbocycles. The van der Waals surface area contributed by atoms with Crippen LogP contribution >= 0.6 is 22.4 Å². The van der Waals surface area contributed by atoms with E-state index in [0.717, 1.165) is 17.3 Å². The first-order chi connectivity index (χ1) is 6.50. The molecule has 2 rings (SSSR count). The van der Waals surface area contributed by atoms with Crippen LogP contribution in [0.4, 0.5) is 0 Å². The largest absolute Gasteiger partial charge is 0.263 e. The summed E-state index contributed by atoms with van der Waals surface area (Å²) in [6.45, 7) is 1.84. The first kappa shape index (κ1) is 9.82. The van der Waals surface area contributed by atoms with E-state index in [-0.39, 0.29) is 4.90 Å². The highest BCUT2D eigenvalue weighted by molar-refractivity contribution is 8.14. The predicted molar refractivity (Wildman–Crippen MR) is 55.2 cm³/mol. The highest BCUT2D eigenvalue weighted by atomic mass is 35.7. The summed E-state index contributed by atoms with van der Waals surface area (Å²) >= 11 is 0.974. The Hall–Kier alpha value is -0.720. The van der Waals surface area contributed by atoms with Gasteiger partial charge in [-0.25, -0.2) is 8.42 Å². The molecule has 0 radical (unpaired) electrons. The standard InChI is InChI=1S/C7H5ClN2O2S2/c1-4-2-3-5(14(8,11)12)7-6(4)9-13-10-7/h2-3H,1H3. The van der Waals surface area contributed by atoms with Gasteiger partial charge in [0.05, 0.1) is 11.7 Å². The number of nitrogens with zero attached hydrogens (tertiary/aromatic N) is 2. The third-order valence-electron chi connectivity index (χ3n) is 1.84. The van der Waals surface area contributed by atoms with Gasteiger partial charge in [-0.3, -0.25) is 0 Å². The Bertz CT molecular complexity index is 591. The number of aryl methyl sites for hydroxylation is 1. The number of benzene rings is 1. The van der Waals surface area contributed by atoms with Gasteiger partial charge in [-0.2, -0.15) is 8.75 Å². The van der Waals surface area contributed by atoms with Crippen LogP contribution < -0.4 is 0 Å². The smallest absolute Gasteiger partial charge is 0.207 e. The zero-order valence-corrected chi connectivity index (χ0v) is 9.45. The summed E-state index contributed by atoms with van der Waals surface area (Å²) in [5.41, 5.74) is 1.83. The fourth-order valence-corrected chi connectivity index (χ4v) is 2.82. The summed E-state index contributed by atoms with van der Waals surface area (Å²) in [4.78, 5) is 0.0218. The summed E-state index contributed by atoms with van der Waals surface area (Å²) in [6, 6.07) is 3.11. The maximum Gasteiger partial charge on any atom is 0.263 e. The number of aromatic nitrogens is 2. The van der Waals surface area contributed by atoms with Crippen molar-refractivity contribution in [2.45, 2.75) is 11.8 Å². The molecule has 0 spiro atoms. The minimum Gasteiger partial charge on any atom is -0.207 e. The third-order valence-corrected chi connectivity index (χ3v) is 3.72. The van der Waals surface area contributed by atoms with Crippen LogP contribution in [-0.4, -0.2) is 17.2 Å². The molecule has 1 aromatic heterocycles. The summed E-state index contributed by atoms with van der Waals surface area (Å²) in [5, 5.41) is 0. The van der Waals surface area contributed by atoms with Crippen molar-refractivity contribution in [3.8, 4) is 0 Å². The van der Waals surface area contributed by atoms with Gasteiger partial charge in [0.2, 0.25) is 0 Å². The zero-order valence-electron chi connectivity index (χ0n) is 7.06. The molecular weight excluding hydrogens is 244 g/mol. The lowest BCUT2D eigenvalue weighted by Gasteiger charge is -1.98. The molecule has 0 amide bonds. The third kappa shape index (κ3) is 1.49. The molecule has 0 saturated heterocycles. The van der Waals surface area contributed by atoms with E-state index < -0.39 is 9.05 Å². The van der Waals surface area contributed by atoms with Crippen LogP contribution in [0.5, 0.6) is 0 Å². The Kier molecular flexibility index (Phi) is 2.21. The number of rotatable bonds is 1.